The first kappa shape index (κ1) is 17.1. The van der Waals surface area contributed by atoms with Crippen LogP contribution in [0.25, 0.3) is 10.6 Å². The minimum absolute atomic E-state index is 0.0495. The minimum Gasteiger partial charge on any atom is -0.490 e. The first-order chi connectivity index (χ1) is 11.0. The summed E-state index contributed by atoms with van der Waals surface area (Å²) in [7, 11) is 2.40. The summed E-state index contributed by atoms with van der Waals surface area (Å²) in [5.41, 5.74) is 0.834. The van der Waals surface area contributed by atoms with E-state index in [0.717, 1.165) is 15.9 Å². The van der Waals surface area contributed by atoms with Crippen LogP contribution in [0.1, 0.15) is 12.8 Å². The second kappa shape index (κ2) is 8.39. The first-order valence-corrected chi connectivity index (χ1v) is 8.77. The Kier molecular flexibility index (Phi) is 6.24. The standard InChI is InChI=1S/C14H13NO6S2/c16-11(17)5-6-12(18)21-8-7-20-10-3-1-9(2-4-10)13-15-14(19)23-22-13/h1-4H,5-8H2,(H,16,17). The summed E-state index contributed by atoms with van der Waals surface area (Å²) in [6.07, 6.45) is -0.398. The van der Waals surface area contributed by atoms with Crippen molar-refractivity contribution < 1.29 is 24.2 Å². The van der Waals surface area contributed by atoms with E-state index in [1.54, 1.807) is 24.3 Å². The van der Waals surface area contributed by atoms with Gasteiger partial charge in [-0.1, -0.05) is 10.3 Å². The number of benzene rings is 1. The van der Waals surface area contributed by atoms with Gasteiger partial charge in [-0.15, -0.1) is 0 Å². The van der Waals surface area contributed by atoms with Crippen LogP contribution in [0.5, 0.6) is 5.75 Å². The van der Waals surface area contributed by atoms with Gasteiger partial charge in [-0.2, -0.15) is 4.98 Å². The number of hydrogen-bond acceptors (Lipinski definition) is 8. The smallest absolute Gasteiger partial charge is 0.337 e. The number of carbonyl (C=O) groups excluding carboxylic acids is 1. The van der Waals surface area contributed by atoms with Crippen LogP contribution in [0.2, 0.25) is 0 Å². The van der Waals surface area contributed by atoms with Crippen molar-refractivity contribution >= 4 is 32.6 Å². The number of ether oxygens (including phenoxy) is 2. The highest BCUT2D eigenvalue weighted by Crippen LogP contribution is 2.24. The molecular formula is C14H13NO6S2. The van der Waals surface area contributed by atoms with Crippen molar-refractivity contribution in [2.75, 3.05) is 13.2 Å². The number of rotatable bonds is 8. The van der Waals surface area contributed by atoms with E-state index in [0.29, 0.717) is 10.8 Å². The van der Waals surface area contributed by atoms with Crippen LogP contribution in [0.15, 0.2) is 29.1 Å². The molecule has 23 heavy (non-hydrogen) atoms. The van der Waals surface area contributed by atoms with Gasteiger partial charge in [0.05, 0.1) is 12.8 Å². The molecule has 0 aliphatic carbocycles. The van der Waals surface area contributed by atoms with Gasteiger partial charge in [0.15, 0.2) is 0 Å². The van der Waals surface area contributed by atoms with Crippen molar-refractivity contribution in [2.24, 2.45) is 0 Å². The van der Waals surface area contributed by atoms with Crippen molar-refractivity contribution in [1.82, 2.24) is 4.98 Å². The van der Waals surface area contributed by atoms with E-state index in [1.165, 1.54) is 10.3 Å². The van der Waals surface area contributed by atoms with Crippen LogP contribution in [-0.4, -0.2) is 35.2 Å². The molecule has 0 spiro atoms. The molecule has 1 aromatic carbocycles. The Morgan fingerprint density at radius 3 is 2.43 bits per heavy atom. The van der Waals surface area contributed by atoms with E-state index in [9.17, 15) is 14.4 Å². The molecule has 9 heteroatoms. The average molecular weight is 355 g/mol. The van der Waals surface area contributed by atoms with Gasteiger partial charge in [0, 0.05) is 5.56 Å². The number of aliphatic carboxylic acids is 1. The quantitative estimate of drug-likeness (QED) is 0.439. The van der Waals surface area contributed by atoms with Crippen LogP contribution in [0, 0.1) is 0 Å². The molecule has 0 atom stereocenters. The van der Waals surface area contributed by atoms with E-state index < -0.39 is 11.9 Å². The van der Waals surface area contributed by atoms with E-state index in [4.69, 9.17) is 14.6 Å². The molecule has 0 aliphatic rings. The minimum atomic E-state index is -1.04. The van der Waals surface area contributed by atoms with Crippen LogP contribution < -0.4 is 9.61 Å². The fraction of sp³-hybridized carbons (Fsp3) is 0.286. The maximum atomic E-state index is 11.2. The second-order valence-corrected chi connectivity index (χ2v) is 6.41. The molecule has 0 radical (unpaired) electrons. The third-order valence-corrected chi connectivity index (χ3v) is 4.60. The van der Waals surface area contributed by atoms with E-state index in [2.05, 4.69) is 4.98 Å². The molecule has 2 aromatic rings. The second-order valence-electron chi connectivity index (χ2n) is 4.34. The van der Waals surface area contributed by atoms with Gasteiger partial charge in [-0.25, -0.2) is 0 Å². The molecule has 7 nitrogen and oxygen atoms in total. The highest BCUT2D eigenvalue weighted by atomic mass is 32.9. The fourth-order valence-corrected chi connectivity index (χ4v) is 3.25. The van der Waals surface area contributed by atoms with E-state index in [1.807, 2.05) is 0 Å². The molecule has 1 N–H and O–H groups in total. The Bertz CT molecular complexity index is 721. The van der Waals surface area contributed by atoms with Gasteiger partial charge < -0.3 is 14.6 Å². The maximum Gasteiger partial charge on any atom is 0.337 e. The SMILES string of the molecule is O=C(O)CCC(=O)OCCOc1ccc(-c2nc(=O)ss2)cc1. The number of carboxylic acid groups (broad SMARTS) is 1. The van der Waals surface area contributed by atoms with E-state index >= 15 is 0 Å². The summed E-state index contributed by atoms with van der Waals surface area (Å²) >= 11 is 0. The Labute approximate surface area is 138 Å². The van der Waals surface area contributed by atoms with Gasteiger partial charge >= 0.3 is 16.8 Å². The topological polar surface area (TPSA) is 103 Å². The van der Waals surface area contributed by atoms with Crippen molar-refractivity contribution in [1.29, 1.82) is 0 Å². The van der Waals surface area contributed by atoms with Crippen LogP contribution in [0.4, 0.5) is 0 Å². The lowest BCUT2D eigenvalue weighted by Crippen LogP contribution is -2.13. The Morgan fingerprint density at radius 1 is 1.09 bits per heavy atom. The van der Waals surface area contributed by atoms with E-state index in [-0.39, 0.29) is 30.9 Å². The zero-order valence-corrected chi connectivity index (χ0v) is 13.5. The number of carbonyl (C=O) groups is 2. The van der Waals surface area contributed by atoms with Gasteiger partial charge in [0.2, 0.25) is 0 Å². The monoisotopic (exact) mass is 355 g/mol. The molecule has 0 fully saturated rings. The fourth-order valence-electron chi connectivity index (χ4n) is 1.60. The first-order valence-electron chi connectivity index (χ1n) is 6.62. The van der Waals surface area contributed by atoms with Crippen molar-refractivity contribution in [2.45, 2.75) is 12.8 Å². The van der Waals surface area contributed by atoms with Crippen molar-refractivity contribution in [3.8, 4) is 16.3 Å². The molecule has 1 heterocycles. The molecule has 0 saturated heterocycles. The number of hydrogen-bond donors (Lipinski definition) is 1. The largest absolute Gasteiger partial charge is 0.490 e. The zero-order valence-electron chi connectivity index (χ0n) is 11.9. The normalized spacial score (nSPS) is 10.3. The Hall–Kier alpha value is -2.26. The van der Waals surface area contributed by atoms with Gasteiger partial charge in [-0.3, -0.25) is 14.4 Å². The summed E-state index contributed by atoms with van der Waals surface area (Å²) < 4.78 is 10.2. The number of esters is 1. The lowest BCUT2D eigenvalue weighted by atomic mass is 10.2. The maximum absolute atomic E-state index is 11.2. The van der Waals surface area contributed by atoms with Gasteiger partial charge in [0.25, 0.3) is 0 Å². The molecule has 0 unspecified atom stereocenters. The third-order valence-electron chi connectivity index (χ3n) is 2.64. The molecule has 1 aromatic heterocycles. The summed E-state index contributed by atoms with van der Waals surface area (Å²) in [6.45, 7) is 0.218. The third kappa shape index (κ3) is 5.80. The highest BCUT2D eigenvalue weighted by Gasteiger charge is 2.07. The van der Waals surface area contributed by atoms with Gasteiger partial charge in [-0.05, 0) is 34.6 Å². The van der Waals surface area contributed by atoms with Gasteiger partial charge in [0.1, 0.15) is 24.0 Å². The number of nitrogens with zero attached hydrogens (tertiary/aromatic N) is 1. The van der Waals surface area contributed by atoms with Crippen LogP contribution in [0.3, 0.4) is 0 Å². The number of carboxylic acids is 1. The highest BCUT2D eigenvalue weighted by molar-refractivity contribution is 7.69. The Morgan fingerprint density at radius 2 is 1.83 bits per heavy atom. The summed E-state index contributed by atoms with van der Waals surface area (Å²) in [4.78, 5) is 36.2. The predicted molar refractivity (Wildman–Crippen MR) is 85.0 cm³/mol. The predicted octanol–water partition coefficient (Wildman–Crippen LogP) is 2.02. The van der Waals surface area contributed by atoms with Crippen LogP contribution in [-0.2, 0) is 14.3 Å². The zero-order chi connectivity index (χ0) is 16.7. The molecule has 0 saturated carbocycles. The summed E-state index contributed by atoms with van der Waals surface area (Å²) in [5.74, 6) is -1.01. The summed E-state index contributed by atoms with van der Waals surface area (Å²) in [5, 5.41) is 9.10. The number of aromatic nitrogens is 1. The average Bonchev–Trinajstić information content (AvgIpc) is 2.96. The molecule has 0 aliphatic heterocycles. The Balaban J connectivity index is 1.73. The lowest BCUT2D eigenvalue weighted by molar-refractivity contribution is -0.148. The molecule has 2 rings (SSSR count). The van der Waals surface area contributed by atoms with Crippen molar-refractivity contribution in [3.63, 3.8) is 0 Å². The molecule has 122 valence electrons. The molecule has 0 amide bonds. The van der Waals surface area contributed by atoms with Crippen molar-refractivity contribution in [3.05, 3.63) is 33.9 Å². The molecular weight excluding hydrogens is 342 g/mol. The summed E-state index contributed by atoms with van der Waals surface area (Å²) in [6, 6.07) is 7.05. The lowest BCUT2D eigenvalue weighted by Gasteiger charge is -2.07. The van der Waals surface area contributed by atoms with Crippen LogP contribution >= 0.6 is 20.7 Å². The molecule has 0 bridgehead atoms.